The van der Waals surface area contributed by atoms with Crippen LogP contribution in [0.15, 0.2) is 59.3 Å². The highest BCUT2D eigenvalue weighted by atomic mass is 35.5. The predicted octanol–water partition coefficient (Wildman–Crippen LogP) is 6.98. The van der Waals surface area contributed by atoms with Crippen LogP contribution in [0.25, 0.3) is 0 Å². The third-order valence-electron chi connectivity index (χ3n) is 7.54. The molecule has 0 N–H and O–H groups in total. The van der Waals surface area contributed by atoms with Crippen LogP contribution >= 0.6 is 34.5 Å². The molecular weight excluding hydrogens is 530 g/mol. The largest absolute Gasteiger partial charge is 0.376 e. The predicted molar refractivity (Wildman–Crippen MR) is 148 cm³/mol. The third-order valence-corrected chi connectivity index (χ3v) is 8.68. The molecule has 3 aromatic rings. The van der Waals surface area contributed by atoms with Crippen molar-refractivity contribution < 1.29 is 13.9 Å². The number of nitrogens with zero attached hydrogens (tertiary/aromatic N) is 2. The van der Waals surface area contributed by atoms with Crippen molar-refractivity contribution in [2.24, 2.45) is 11.8 Å². The second kappa shape index (κ2) is 12.3. The maximum Gasteiger partial charge on any atom is 0.253 e. The second-order valence-corrected chi connectivity index (χ2v) is 11.8. The van der Waals surface area contributed by atoms with Crippen molar-refractivity contribution in [3.63, 3.8) is 0 Å². The van der Waals surface area contributed by atoms with E-state index in [-0.39, 0.29) is 11.7 Å². The average Bonchev–Trinajstić information content (AvgIpc) is 3.55. The van der Waals surface area contributed by atoms with Crippen LogP contribution in [-0.2, 0) is 11.3 Å². The van der Waals surface area contributed by atoms with Crippen LogP contribution in [-0.4, -0.2) is 55.0 Å². The van der Waals surface area contributed by atoms with Gasteiger partial charge in [-0.2, -0.15) is 11.3 Å². The molecule has 5 rings (SSSR count). The summed E-state index contributed by atoms with van der Waals surface area (Å²) < 4.78 is 19.0. The highest BCUT2D eigenvalue weighted by Crippen LogP contribution is 2.36. The van der Waals surface area contributed by atoms with E-state index in [1.54, 1.807) is 41.7 Å². The van der Waals surface area contributed by atoms with E-state index in [9.17, 15) is 9.18 Å². The molecule has 8 heteroatoms. The molecule has 3 heterocycles. The van der Waals surface area contributed by atoms with E-state index in [1.807, 2.05) is 4.90 Å². The Morgan fingerprint density at radius 3 is 2.43 bits per heavy atom. The smallest absolute Gasteiger partial charge is 0.253 e. The molecule has 1 aromatic heterocycles. The van der Waals surface area contributed by atoms with Crippen molar-refractivity contribution in [1.29, 1.82) is 0 Å². The Kier molecular flexibility index (Phi) is 8.83. The van der Waals surface area contributed by atoms with Gasteiger partial charge in [0.15, 0.2) is 0 Å². The van der Waals surface area contributed by atoms with Crippen molar-refractivity contribution in [3.05, 3.63) is 91.8 Å². The van der Waals surface area contributed by atoms with E-state index in [0.717, 1.165) is 51.2 Å². The van der Waals surface area contributed by atoms with Gasteiger partial charge in [0.2, 0.25) is 0 Å². The van der Waals surface area contributed by atoms with Gasteiger partial charge in [-0.1, -0.05) is 35.3 Å². The number of thiophene rings is 1. The van der Waals surface area contributed by atoms with E-state index in [2.05, 4.69) is 21.7 Å². The monoisotopic (exact) mass is 560 g/mol. The van der Waals surface area contributed by atoms with Crippen molar-refractivity contribution in [1.82, 2.24) is 9.80 Å². The van der Waals surface area contributed by atoms with Gasteiger partial charge in [-0.3, -0.25) is 4.79 Å². The molecule has 2 atom stereocenters. The van der Waals surface area contributed by atoms with E-state index in [4.69, 9.17) is 27.9 Å². The summed E-state index contributed by atoms with van der Waals surface area (Å²) >= 11 is 14.0. The maximum atomic E-state index is 13.3. The summed E-state index contributed by atoms with van der Waals surface area (Å²) in [5.74, 6) is 1.00. The molecule has 0 aliphatic carbocycles. The van der Waals surface area contributed by atoms with Gasteiger partial charge in [0.25, 0.3) is 5.91 Å². The molecule has 196 valence electrons. The lowest BCUT2D eigenvalue weighted by molar-refractivity contribution is 0.0539. The molecule has 1 amide bonds. The zero-order valence-corrected chi connectivity index (χ0v) is 23.0. The van der Waals surface area contributed by atoms with Crippen LogP contribution in [0.4, 0.5) is 4.39 Å². The van der Waals surface area contributed by atoms with Crippen LogP contribution in [0.1, 0.15) is 40.2 Å². The number of hydrogen-bond donors (Lipinski definition) is 0. The molecular formula is C29H31Cl2FN2O2S. The summed E-state index contributed by atoms with van der Waals surface area (Å²) in [5, 5.41) is 5.29. The van der Waals surface area contributed by atoms with E-state index in [0.29, 0.717) is 46.5 Å². The second-order valence-electron chi connectivity index (χ2n) is 10.2. The normalized spacial score (nSPS) is 21.0. The van der Waals surface area contributed by atoms with Gasteiger partial charge < -0.3 is 14.5 Å². The highest BCUT2D eigenvalue weighted by Gasteiger charge is 2.38. The molecule has 2 unspecified atom stereocenters. The maximum absolute atomic E-state index is 13.3. The summed E-state index contributed by atoms with van der Waals surface area (Å²) in [6, 6.07) is 13.7. The summed E-state index contributed by atoms with van der Waals surface area (Å²) in [6.45, 7) is 5.74. The third kappa shape index (κ3) is 6.92. The molecule has 2 aromatic carbocycles. The number of carbonyl (C=O) groups is 1. The fourth-order valence-corrected chi connectivity index (χ4v) is 6.79. The zero-order chi connectivity index (χ0) is 25.8. The first-order chi connectivity index (χ1) is 17.9. The van der Waals surface area contributed by atoms with Crippen LogP contribution in [0.3, 0.4) is 0 Å². The minimum atomic E-state index is -0.221. The molecule has 0 saturated carbocycles. The number of halogens is 3. The van der Waals surface area contributed by atoms with E-state index < -0.39 is 0 Å². The van der Waals surface area contributed by atoms with Gasteiger partial charge in [0, 0.05) is 47.8 Å². The summed E-state index contributed by atoms with van der Waals surface area (Å²) in [6.07, 6.45) is 2.20. The highest BCUT2D eigenvalue weighted by molar-refractivity contribution is 7.08. The number of carbonyl (C=O) groups excluding carboxylic acids is 1. The molecule has 2 aliphatic heterocycles. The van der Waals surface area contributed by atoms with Gasteiger partial charge in [-0.25, -0.2) is 4.39 Å². The first-order valence-electron chi connectivity index (χ1n) is 12.8. The zero-order valence-electron chi connectivity index (χ0n) is 20.6. The van der Waals surface area contributed by atoms with Crippen molar-refractivity contribution in [2.75, 3.05) is 39.3 Å². The molecule has 37 heavy (non-hydrogen) atoms. The standard InChI is InChI=1S/C29H31Cl2FN2O2S/c30-25-11-23(12-26(31)13-25)29(35)34-15-24(28(16-34)22-7-10-37-19-22)14-33-8-5-21(6-9-33)18-36-17-20-1-3-27(32)4-2-20/h1-4,7,10-13,19,21,24,28H,5-6,8-9,14-18H2. The lowest BCUT2D eigenvalue weighted by atomic mass is 9.89. The molecule has 2 fully saturated rings. The molecule has 0 radical (unpaired) electrons. The average molecular weight is 562 g/mol. The lowest BCUT2D eigenvalue weighted by Gasteiger charge is -2.34. The fourth-order valence-electron chi connectivity index (χ4n) is 5.54. The number of likely N-dealkylation sites (tertiary alicyclic amines) is 2. The number of amides is 1. The first-order valence-corrected chi connectivity index (χ1v) is 14.5. The van der Waals surface area contributed by atoms with Gasteiger partial charge in [0.05, 0.1) is 6.61 Å². The number of rotatable bonds is 8. The summed E-state index contributed by atoms with van der Waals surface area (Å²) in [7, 11) is 0. The Morgan fingerprint density at radius 2 is 1.76 bits per heavy atom. The number of hydrogen-bond acceptors (Lipinski definition) is 4. The molecule has 0 spiro atoms. The van der Waals surface area contributed by atoms with Crippen LogP contribution < -0.4 is 0 Å². The Morgan fingerprint density at radius 1 is 1.03 bits per heavy atom. The molecule has 2 saturated heterocycles. The Labute approximate surface area is 231 Å². The molecule has 4 nitrogen and oxygen atoms in total. The Bertz CT molecular complexity index is 1160. The van der Waals surface area contributed by atoms with Crippen molar-refractivity contribution in [2.45, 2.75) is 25.4 Å². The summed E-state index contributed by atoms with van der Waals surface area (Å²) in [5.41, 5.74) is 2.86. The lowest BCUT2D eigenvalue weighted by Crippen LogP contribution is -2.39. The van der Waals surface area contributed by atoms with E-state index in [1.165, 1.54) is 17.7 Å². The number of piperidine rings is 1. The summed E-state index contributed by atoms with van der Waals surface area (Å²) in [4.78, 5) is 17.8. The molecule has 2 aliphatic rings. The molecule has 0 bridgehead atoms. The Hall–Kier alpha value is -1.96. The first kappa shape index (κ1) is 26.6. The van der Waals surface area contributed by atoms with Crippen molar-refractivity contribution >= 4 is 40.4 Å². The number of ether oxygens (including phenoxy) is 1. The van der Waals surface area contributed by atoms with Gasteiger partial charge in [-0.05, 0) is 96.1 Å². The topological polar surface area (TPSA) is 32.8 Å². The van der Waals surface area contributed by atoms with Crippen LogP contribution in [0, 0.1) is 17.7 Å². The SMILES string of the molecule is O=C(c1cc(Cl)cc(Cl)c1)N1CC(CN2CCC(COCc3ccc(F)cc3)CC2)C(c2ccsc2)C1. The minimum absolute atomic E-state index is 0.0101. The quantitative estimate of drug-likeness (QED) is 0.298. The Balaban J connectivity index is 1.15. The van der Waals surface area contributed by atoms with Crippen LogP contribution in [0.2, 0.25) is 10.0 Å². The van der Waals surface area contributed by atoms with Gasteiger partial charge in [-0.15, -0.1) is 0 Å². The van der Waals surface area contributed by atoms with Gasteiger partial charge >= 0.3 is 0 Å². The minimum Gasteiger partial charge on any atom is -0.376 e. The van der Waals surface area contributed by atoms with Crippen molar-refractivity contribution in [3.8, 4) is 0 Å². The fraction of sp³-hybridized carbons (Fsp3) is 0.414. The number of benzene rings is 2. The van der Waals surface area contributed by atoms with Gasteiger partial charge in [0.1, 0.15) is 5.82 Å². The van der Waals surface area contributed by atoms with E-state index >= 15 is 0 Å². The van der Waals surface area contributed by atoms with Crippen LogP contribution in [0.5, 0.6) is 0 Å².